The molecule has 1 aliphatic heterocycles. The molecule has 1 heterocycles. The van der Waals surface area contributed by atoms with Crippen molar-refractivity contribution in [1.29, 1.82) is 0 Å². The highest BCUT2D eigenvalue weighted by molar-refractivity contribution is 7.89. The number of halogens is 3. The van der Waals surface area contributed by atoms with E-state index in [0.717, 1.165) is 38.1 Å². The van der Waals surface area contributed by atoms with Gasteiger partial charge in [-0.05, 0) is 44.1 Å². The van der Waals surface area contributed by atoms with Gasteiger partial charge < -0.3 is 10.2 Å². The maximum atomic E-state index is 13.1. The molecule has 0 unspecified atom stereocenters. The highest BCUT2D eigenvalue weighted by Crippen LogP contribution is 2.36. The van der Waals surface area contributed by atoms with Crippen LogP contribution in [0.4, 0.5) is 18.9 Å². The molecule has 3 N–H and O–H groups in total. The lowest BCUT2D eigenvalue weighted by Crippen LogP contribution is -2.33. The molecule has 2 rings (SSSR count). The molecule has 0 aliphatic carbocycles. The number of alkyl halides is 3. The maximum absolute atomic E-state index is 13.1. The number of benzene rings is 1. The largest absolute Gasteiger partial charge is 0.418 e. The normalized spacial score (nSPS) is 17.2. The maximum Gasteiger partial charge on any atom is 0.418 e. The molecule has 9 heteroatoms. The van der Waals surface area contributed by atoms with Crippen LogP contribution in [0.15, 0.2) is 23.1 Å². The molecular weight excluding hydrogens is 331 g/mol. The zero-order valence-corrected chi connectivity index (χ0v) is 13.4. The van der Waals surface area contributed by atoms with Crippen molar-refractivity contribution in [3.63, 3.8) is 0 Å². The minimum Gasteiger partial charge on any atom is -0.383 e. The number of likely N-dealkylation sites (tertiary alicyclic amines) is 1. The molecule has 0 saturated carbocycles. The van der Waals surface area contributed by atoms with E-state index in [9.17, 15) is 21.6 Å². The van der Waals surface area contributed by atoms with Crippen LogP contribution in [0.2, 0.25) is 0 Å². The van der Waals surface area contributed by atoms with Crippen molar-refractivity contribution >= 4 is 15.7 Å². The van der Waals surface area contributed by atoms with Gasteiger partial charge in [-0.3, -0.25) is 0 Å². The van der Waals surface area contributed by atoms with Gasteiger partial charge in [0, 0.05) is 18.8 Å². The van der Waals surface area contributed by atoms with Crippen LogP contribution < -0.4 is 10.5 Å². The molecule has 0 spiro atoms. The molecule has 130 valence electrons. The first-order valence-electron chi connectivity index (χ1n) is 7.38. The first-order valence-corrected chi connectivity index (χ1v) is 8.93. The summed E-state index contributed by atoms with van der Waals surface area (Å²) in [7, 11) is -4.18. The molecule has 1 saturated heterocycles. The van der Waals surface area contributed by atoms with Gasteiger partial charge in [0.05, 0.1) is 10.5 Å². The summed E-state index contributed by atoms with van der Waals surface area (Å²) in [5.74, 6) is 0. The van der Waals surface area contributed by atoms with Gasteiger partial charge in [-0.2, -0.15) is 13.2 Å². The minimum absolute atomic E-state index is 0.137. The Bertz CT molecular complexity index is 641. The second-order valence-electron chi connectivity index (χ2n) is 5.58. The fourth-order valence-corrected chi connectivity index (χ4v) is 3.16. The smallest absolute Gasteiger partial charge is 0.383 e. The Morgan fingerprint density at radius 3 is 2.39 bits per heavy atom. The van der Waals surface area contributed by atoms with E-state index in [0.29, 0.717) is 19.2 Å². The number of nitrogens with two attached hydrogens (primary N) is 1. The standard InChI is InChI=1S/C14H20F3N3O2S/c15-14(16,17)12-10-11(23(18,21)22)4-5-13(12)19-6-9-20-7-2-1-3-8-20/h4-5,10,19H,1-3,6-9H2,(H2,18,21,22). The SMILES string of the molecule is NS(=O)(=O)c1ccc(NCCN2CCCCC2)c(C(F)(F)F)c1. The number of sulfonamides is 1. The predicted molar refractivity (Wildman–Crippen MR) is 81.6 cm³/mol. The Hall–Kier alpha value is -1.32. The quantitative estimate of drug-likeness (QED) is 0.853. The summed E-state index contributed by atoms with van der Waals surface area (Å²) in [6, 6.07) is 2.76. The van der Waals surface area contributed by atoms with Crippen LogP contribution in [0.3, 0.4) is 0 Å². The van der Waals surface area contributed by atoms with Gasteiger partial charge in [-0.25, -0.2) is 13.6 Å². The first kappa shape index (κ1) is 18.0. The lowest BCUT2D eigenvalue weighted by atomic mass is 10.1. The molecule has 0 bridgehead atoms. The zero-order valence-electron chi connectivity index (χ0n) is 12.6. The van der Waals surface area contributed by atoms with E-state index in [1.54, 1.807) is 0 Å². The molecule has 1 fully saturated rings. The van der Waals surface area contributed by atoms with Crippen LogP contribution in [0, 0.1) is 0 Å². The molecule has 1 aliphatic rings. The lowest BCUT2D eigenvalue weighted by molar-refractivity contribution is -0.137. The summed E-state index contributed by atoms with van der Waals surface area (Å²) in [6.07, 6.45) is -1.25. The predicted octanol–water partition coefficient (Wildman–Crippen LogP) is 2.25. The van der Waals surface area contributed by atoms with Crippen LogP contribution in [-0.2, 0) is 16.2 Å². The van der Waals surface area contributed by atoms with E-state index in [-0.39, 0.29) is 5.69 Å². The number of piperidine rings is 1. The van der Waals surface area contributed by atoms with Gasteiger partial charge >= 0.3 is 6.18 Å². The van der Waals surface area contributed by atoms with E-state index in [1.165, 1.54) is 6.42 Å². The third-order valence-corrected chi connectivity index (χ3v) is 4.73. The van der Waals surface area contributed by atoms with Crippen molar-refractivity contribution in [2.24, 2.45) is 5.14 Å². The molecule has 0 amide bonds. The monoisotopic (exact) mass is 351 g/mol. The molecule has 1 aromatic rings. The Balaban J connectivity index is 2.11. The van der Waals surface area contributed by atoms with Gasteiger partial charge in [-0.1, -0.05) is 6.42 Å². The topological polar surface area (TPSA) is 75.4 Å². The van der Waals surface area contributed by atoms with Crippen molar-refractivity contribution in [3.8, 4) is 0 Å². The number of nitrogens with one attached hydrogen (secondary N) is 1. The summed E-state index contributed by atoms with van der Waals surface area (Å²) in [4.78, 5) is 1.65. The second kappa shape index (κ2) is 7.06. The molecule has 0 radical (unpaired) electrons. The molecule has 5 nitrogen and oxygen atoms in total. The average Bonchev–Trinajstić information content (AvgIpc) is 2.46. The van der Waals surface area contributed by atoms with Gasteiger partial charge in [-0.15, -0.1) is 0 Å². The second-order valence-corrected chi connectivity index (χ2v) is 7.14. The summed E-state index contributed by atoms with van der Waals surface area (Å²) in [5, 5.41) is 7.64. The number of hydrogen-bond acceptors (Lipinski definition) is 4. The third kappa shape index (κ3) is 5.08. The van der Waals surface area contributed by atoms with Crippen molar-refractivity contribution in [3.05, 3.63) is 23.8 Å². The molecule has 0 aromatic heterocycles. The van der Waals surface area contributed by atoms with Crippen molar-refractivity contribution in [2.75, 3.05) is 31.5 Å². The first-order chi connectivity index (χ1) is 10.7. The van der Waals surface area contributed by atoms with Crippen LogP contribution in [-0.4, -0.2) is 39.5 Å². The molecule has 23 heavy (non-hydrogen) atoms. The molecule has 1 aromatic carbocycles. The van der Waals surface area contributed by atoms with Gasteiger partial charge in [0.2, 0.25) is 10.0 Å². The van der Waals surface area contributed by atoms with Crippen molar-refractivity contribution in [2.45, 2.75) is 30.3 Å². The molecular formula is C14H20F3N3O2S. The minimum atomic E-state index is -4.66. The van der Waals surface area contributed by atoms with Crippen LogP contribution >= 0.6 is 0 Å². The van der Waals surface area contributed by atoms with E-state index >= 15 is 0 Å². The van der Waals surface area contributed by atoms with E-state index in [4.69, 9.17) is 5.14 Å². The number of primary sulfonamides is 1. The van der Waals surface area contributed by atoms with Crippen molar-refractivity contribution in [1.82, 2.24) is 4.90 Å². The molecule has 0 atom stereocenters. The number of hydrogen-bond donors (Lipinski definition) is 2. The number of rotatable bonds is 5. The Morgan fingerprint density at radius 2 is 1.83 bits per heavy atom. The third-order valence-electron chi connectivity index (χ3n) is 3.82. The number of anilines is 1. The van der Waals surface area contributed by atoms with Gasteiger partial charge in [0.25, 0.3) is 0 Å². The van der Waals surface area contributed by atoms with Gasteiger partial charge in [0.1, 0.15) is 0 Å². The van der Waals surface area contributed by atoms with Crippen LogP contribution in [0.5, 0.6) is 0 Å². The van der Waals surface area contributed by atoms with Crippen LogP contribution in [0.1, 0.15) is 24.8 Å². The van der Waals surface area contributed by atoms with Crippen LogP contribution in [0.25, 0.3) is 0 Å². The summed E-state index contributed by atoms with van der Waals surface area (Å²) >= 11 is 0. The van der Waals surface area contributed by atoms with E-state index in [2.05, 4.69) is 10.2 Å². The fraction of sp³-hybridized carbons (Fsp3) is 0.571. The Morgan fingerprint density at radius 1 is 1.17 bits per heavy atom. The summed E-state index contributed by atoms with van der Waals surface area (Å²) in [5.41, 5.74) is -1.16. The van der Waals surface area contributed by atoms with E-state index < -0.39 is 26.7 Å². The highest BCUT2D eigenvalue weighted by Gasteiger charge is 2.34. The average molecular weight is 351 g/mol. The Kier molecular flexibility index (Phi) is 5.53. The van der Waals surface area contributed by atoms with Gasteiger partial charge in [0.15, 0.2) is 0 Å². The Labute approximate surface area is 133 Å². The van der Waals surface area contributed by atoms with E-state index in [1.807, 2.05) is 0 Å². The fourth-order valence-electron chi connectivity index (χ4n) is 2.62. The summed E-state index contributed by atoms with van der Waals surface area (Å²) in [6.45, 7) is 2.92. The zero-order chi connectivity index (χ0) is 17.1. The van der Waals surface area contributed by atoms with Crippen molar-refractivity contribution < 1.29 is 21.6 Å². The highest BCUT2D eigenvalue weighted by atomic mass is 32.2. The lowest BCUT2D eigenvalue weighted by Gasteiger charge is -2.26. The summed E-state index contributed by atoms with van der Waals surface area (Å²) < 4.78 is 61.8. The number of nitrogens with zero attached hydrogens (tertiary/aromatic N) is 1.